The molecule has 0 saturated carbocycles. The number of rotatable bonds is 5. The minimum absolute atomic E-state index is 0.147. The van der Waals surface area contributed by atoms with Gasteiger partial charge in [0.15, 0.2) is 11.6 Å². The van der Waals surface area contributed by atoms with Crippen molar-refractivity contribution >= 4 is 44.2 Å². The summed E-state index contributed by atoms with van der Waals surface area (Å²) in [6, 6.07) is 8.68. The number of thiophene rings is 1. The maximum absolute atomic E-state index is 11.7. The normalized spacial score (nSPS) is 17.8. The van der Waals surface area contributed by atoms with Crippen LogP contribution in [0.3, 0.4) is 0 Å². The minimum atomic E-state index is 0.147. The maximum Gasteiger partial charge on any atom is 0.219 e. The number of likely N-dealkylation sites (tertiary alicyclic amines) is 1. The van der Waals surface area contributed by atoms with E-state index in [9.17, 15) is 4.79 Å². The van der Waals surface area contributed by atoms with Gasteiger partial charge < -0.3 is 14.5 Å². The van der Waals surface area contributed by atoms with Crippen molar-refractivity contribution in [3.8, 4) is 11.4 Å². The molecule has 0 spiro atoms. The van der Waals surface area contributed by atoms with Crippen LogP contribution in [0.1, 0.15) is 24.6 Å². The number of benzene rings is 1. The van der Waals surface area contributed by atoms with Crippen molar-refractivity contribution in [2.75, 3.05) is 51.3 Å². The van der Waals surface area contributed by atoms with Crippen LogP contribution in [0.25, 0.3) is 32.5 Å². The first-order chi connectivity index (χ1) is 17.6. The number of nitrogens with one attached hydrogen (secondary N) is 1. The van der Waals surface area contributed by atoms with Crippen LogP contribution >= 0.6 is 11.3 Å². The molecule has 4 aromatic rings. The summed E-state index contributed by atoms with van der Waals surface area (Å²) in [6.07, 6.45) is 3.87. The average molecular weight is 506 g/mol. The highest BCUT2D eigenvalue weighted by Crippen LogP contribution is 2.36. The van der Waals surface area contributed by atoms with Crippen molar-refractivity contribution < 1.29 is 9.53 Å². The number of fused-ring (bicyclic) bond motifs is 2. The monoisotopic (exact) mass is 505 g/mol. The summed E-state index contributed by atoms with van der Waals surface area (Å²) in [5.74, 6) is 1.87. The molecule has 0 radical (unpaired) electrons. The fraction of sp³-hybridized carbons (Fsp3) is 0.462. The molecule has 1 N–H and O–H groups in total. The molecule has 9 nitrogen and oxygen atoms in total. The molecule has 0 bridgehead atoms. The van der Waals surface area contributed by atoms with Gasteiger partial charge >= 0.3 is 0 Å². The molecule has 1 aromatic carbocycles. The number of nitrogens with zero attached hydrogens (tertiary/aromatic N) is 6. The molecule has 6 rings (SSSR count). The zero-order valence-electron chi connectivity index (χ0n) is 20.7. The number of hydrogen-bond donors (Lipinski definition) is 1. The van der Waals surface area contributed by atoms with Gasteiger partial charge in [-0.3, -0.25) is 14.8 Å². The largest absolute Gasteiger partial charge is 0.378 e. The van der Waals surface area contributed by atoms with Crippen molar-refractivity contribution in [3.05, 3.63) is 35.3 Å². The molecule has 0 unspecified atom stereocenters. The Kier molecular flexibility index (Phi) is 6.32. The third-order valence-electron chi connectivity index (χ3n) is 7.42. The summed E-state index contributed by atoms with van der Waals surface area (Å²) < 4.78 is 6.76. The number of morpholine rings is 1. The van der Waals surface area contributed by atoms with Gasteiger partial charge in [0.05, 0.1) is 35.1 Å². The lowest BCUT2D eigenvalue weighted by atomic mass is 10.0. The number of anilines is 1. The highest BCUT2D eigenvalue weighted by Gasteiger charge is 2.25. The van der Waals surface area contributed by atoms with E-state index in [0.29, 0.717) is 19.3 Å². The molecule has 0 atom stereocenters. The Morgan fingerprint density at radius 2 is 2.00 bits per heavy atom. The molecule has 2 aliphatic rings. The zero-order chi connectivity index (χ0) is 24.6. The van der Waals surface area contributed by atoms with Gasteiger partial charge in [-0.2, -0.15) is 5.10 Å². The van der Waals surface area contributed by atoms with E-state index in [-0.39, 0.29) is 5.91 Å². The zero-order valence-corrected chi connectivity index (χ0v) is 21.6. The molecule has 3 aromatic heterocycles. The number of H-pyrrole nitrogens is 1. The molecule has 188 valence electrons. The van der Waals surface area contributed by atoms with E-state index in [1.165, 1.54) is 4.88 Å². The number of amides is 1. The van der Waals surface area contributed by atoms with Crippen molar-refractivity contribution in [3.63, 3.8) is 0 Å². The van der Waals surface area contributed by atoms with Crippen LogP contribution in [0.4, 0.5) is 5.82 Å². The van der Waals surface area contributed by atoms with Gasteiger partial charge in [0.2, 0.25) is 5.91 Å². The van der Waals surface area contributed by atoms with Crippen molar-refractivity contribution in [1.82, 2.24) is 30.0 Å². The molecular weight excluding hydrogens is 474 g/mol. The van der Waals surface area contributed by atoms with Crippen LogP contribution in [-0.4, -0.2) is 88.4 Å². The molecule has 2 saturated heterocycles. The first-order valence-electron chi connectivity index (χ1n) is 12.6. The number of carbonyl (C=O) groups excluding carboxylic acids is 1. The third-order valence-corrected chi connectivity index (χ3v) is 8.53. The van der Waals surface area contributed by atoms with E-state index in [1.807, 2.05) is 30.3 Å². The Morgan fingerprint density at radius 1 is 1.19 bits per heavy atom. The van der Waals surface area contributed by atoms with Crippen molar-refractivity contribution in [2.24, 2.45) is 0 Å². The Balaban J connectivity index is 1.32. The Morgan fingerprint density at radius 3 is 2.78 bits per heavy atom. The van der Waals surface area contributed by atoms with E-state index in [1.54, 1.807) is 18.3 Å². The summed E-state index contributed by atoms with van der Waals surface area (Å²) in [4.78, 5) is 29.9. The van der Waals surface area contributed by atoms with Crippen molar-refractivity contribution in [1.29, 1.82) is 0 Å². The van der Waals surface area contributed by atoms with Crippen molar-refractivity contribution in [2.45, 2.75) is 32.4 Å². The average Bonchev–Trinajstić information content (AvgIpc) is 3.55. The van der Waals surface area contributed by atoms with Crippen LogP contribution in [0.5, 0.6) is 0 Å². The Labute approximate surface area is 214 Å². The lowest BCUT2D eigenvalue weighted by Gasteiger charge is -2.36. The van der Waals surface area contributed by atoms with E-state index in [0.717, 1.165) is 83.9 Å². The van der Waals surface area contributed by atoms with Crippen LogP contribution in [0.15, 0.2) is 30.5 Å². The maximum atomic E-state index is 11.7. The van der Waals surface area contributed by atoms with Crippen LogP contribution in [0, 0.1) is 0 Å². The SMILES string of the molecule is CC(=O)N(C)C1CCN(Cc2cc3nc(-c4cccc5[nH]ncc45)nc(N4CCOCC4)c3s2)CC1. The molecule has 2 fully saturated rings. The number of carbonyl (C=O) groups is 1. The van der Waals surface area contributed by atoms with E-state index in [2.05, 4.69) is 32.1 Å². The van der Waals surface area contributed by atoms with Gasteiger partial charge in [0.1, 0.15) is 0 Å². The van der Waals surface area contributed by atoms with Gasteiger partial charge in [-0.05, 0) is 25.0 Å². The van der Waals surface area contributed by atoms with Crippen LogP contribution < -0.4 is 4.90 Å². The number of aromatic amines is 1. The molecule has 0 aliphatic carbocycles. The molecule has 36 heavy (non-hydrogen) atoms. The first kappa shape index (κ1) is 23.3. The molecule has 5 heterocycles. The highest BCUT2D eigenvalue weighted by atomic mass is 32.1. The lowest BCUT2D eigenvalue weighted by Crippen LogP contribution is -2.44. The fourth-order valence-corrected chi connectivity index (χ4v) is 6.41. The topological polar surface area (TPSA) is 90.5 Å². The second-order valence-electron chi connectivity index (χ2n) is 9.67. The summed E-state index contributed by atoms with van der Waals surface area (Å²) in [6.45, 7) is 7.60. The highest BCUT2D eigenvalue weighted by molar-refractivity contribution is 7.19. The Bertz CT molecular complexity index is 1390. The summed E-state index contributed by atoms with van der Waals surface area (Å²) in [5.41, 5.74) is 2.96. The minimum Gasteiger partial charge on any atom is -0.378 e. The molecule has 10 heteroatoms. The van der Waals surface area contributed by atoms with E-state index >= 15 is 0 Å². The smallest absolute Gasteiger partial charge is 0.219 e. The van der Waals surface area contributed by atoms with Gasteiger partial charge in [0.25, 0.3) is 0 Å². The summed E-state index contributed by atoms with van der Waals surface area (Å²) in [5, 5.41) is 8.30. The number of aromatic nitrogens is 4. The van der Waals surface area contributed by atoms with Gasteiger partial charge in [-0.1, -0.05) is 12.1 Å². The second kappa shape index (κ2) is 9.76. The first-order valence-corrected chi connectivity index (χ1v) is 13.4. The van der Waals surface area contributed by atoms with E-state index in [4.69, 9.17) is 14.7 Å². The van der Waals surface area contributed by atoms with E-state index < -0.39 is 0 Å². The molecule has 1 amide bonds. The summed E-state index contributed by atoms with van der Waals surface area (Å²) in [7, 11) is 1.92. The predicted molar refractivity (Wildman–Crippen MR) is 142 cm³/mol. The predicted octanol–water partition coefficient (Wildman–Crippen LogP) is 3.51. The third kappa shape index (κ3) is 4.44. The number of ether oxygens (including phenoxy) is 1. The summed E-state index contributed by atoms with van der Waals surface area (Å²) >= 11 is 1.80. The molecular formula is C26H31N7O2S. The van der Waals surface area contributed by atoms with Crippen LogP contribution in [-0.2, 0) is 16.1 Å². The molecule has 2 aliphatic heterocycles. The second-order valence-corrected chi connectivity index (χ2v) is 10.8. The van der Waals surface area contributed by atoms with Crippen LogP contribution in [0.2, 0.25) is 0 Å². The fourth-order valence-electron chi connectivity index (χ4n) is 5.26. The van der Waals surface area contributed by atoms with Gasteiger partial charge in [0, 0.05) is 68.6 Å². The van der Waals surface area contributed by atoms with Gasteiger partial charge in [-0.15, -0.1) is 11.3 Å². The number of piperidine rings is 1. The number of hydrogen-bond acceptors (Lipinski definition) is 8. The lowest BCUT2D eigenvalue weighted by molar-refractivity contribution is -0.130. The Hall–Kier alpha value is -3.08. The van der Waals surface area contributed by atoms with Gasteiger partial charge in [-0.25, -0.2) is 9.97 Å². The standard InChI is InChI=1S/C26H31N7O2S/c1-17(34)31(2)18-6-8-32(9-7-18)16-19-14-23-24(36-19)26(33-10-12-35-13-11-33)29-25(28-23)20-4-3-5-22-21(20)15-27-30-22/h3-5,14-15,18H,6-13,16H2,1-2H3,(H,27,30). The quantitative estimate of drug-likeness (QED) is 0.444.